The van der Waals surface area contributed by atoms with Crippen LogP contribution in [0.4, 0.5) is 27.6 Å². The maximum atomic E-state index is 13.3. The van der Waals surface area contributed by atoms with Crippen LogP contribution in [0.5, 0.6) is 0 Å². The second kappa shape index (κ2) is 6.74. The Labute approximate surface area is 125 Å². The van der Waals surface area contributed by atoms with Crippen LogP contribution in [0.2, 0.25) is 0 Å². The molecule has 1 heterocycles. The SMILES string of the molecule is OC[C@H]1O[C@@H](C=NNc2c(F)c(F)c(F)c(F)c2F)[C@@H](O)[C@@H]1O. The van der Waals surface area contributed by atoms with Crippen molar-refractivity contribution in [3.63, 3.8) is 0 Å². The molecule has 4 atom stereocenters. The molecule has 1 aromatic rings. The van der Waals surface area contributed by atoms with Crippen molar-refractivity contribution in [3.8, 4) is 0 Å². The van der Waals surface area contributed by atoms with Crippen LogP contribution >= 0.6 is 0 Å². The van der Waals surface area contributed by atoms with Crippen LogP contribution < -0.4 is 5.43 Å². The van der Waals surface area contributed by atoms with Gasteiger partial charge in [0.05, 0.1) is 12.8 Å². The highest BCUT2D eigenvalue weighted by Gasteiger charge is 2.41. The Balaban J connectivity index is 2.16. The predicted octanol–water partition coefficient (Wildman–Crippen LogP) is 0.261. The Morgan fingerprint density at radius 3 is 1.96 bits per heavy atom. The van der Waals surface area contributed by atoms with Gasteiger partial charge in [0.2, 0.25) is 5.82 Å². The summed E-state index contributed by atoms with van der Waals surface area (Å²) in [6.07, 6.45) is -4.52. The van der Waals surface area contributed by atoms with Gasteiger partial charge in [-0.3, -0.25) is 5.43 Å². The van der Waals surface area contributed by atoms with Crippen LogP contribution in [0, 0.1) is 29.1 Å². The molecule has 2 rings (SSSR count). The van der Waals surface area contributed by atoms with Gasteiger partial charge in [0, 0.05) is 0 Å². The number of aliphatic hydroxyl groups excluding tert-OH is 3. The monoisotopic (exact) mass is 342 g/mol. The summed E-state index contributed by atoms with van der Waals surface area (Å²) in [5.41, 5.74) is 0.238. The molecule has 0 spiro atoms. The number of ether oxygens (including phenoxy) is 1. The van der Waals surface area contributed by atoms with E-state index >= 15 is 0 Å². The Morgan fingerprint density at radius 1 is 0.957 bits per heavy atom. The lowest BCUT2D eigenvalue weighted by Crippen LogP contribution is -2.34. The average molecular weight is 342 g/mol. The van der Waals surface area contributed by atoms with Gasteiger partial charge in [0.15, 0.2) is 23.3 Å². The van der Waals surface area contributed by atoms with E-state index in [1.54, 1.807) is 5.43 Å². The lowest BCUT2D eigenvalue weighted by molar-refractivity contribution is -0.00956. The second-order valence-electron chi connectivity index (χ2n) is 4.64. The van der Waals surface area contributed by atoms with Gasteiger partial charge in [0.25, 0.3) is 0 Å². The molecule has 1 aliphatic rings. The Hall–Kier alpha value is -1.82. The molecule has 0 amide bonds. The summed E-state index contributed by atoms with van der Waals surface area (Å²) in [6.45, 7) is -0.604. The quantitative estimate of drug-likeness (QED) is 0.207. The van der Waals surface area contributed by atoms with Crippen molar-refractivity contribution in [3.05, 3.63) is 29.1 Å². The van der Waals surface area contributed by atoms with E-state index in [2.05, 4.69) is 5.10 Å². The van der Waals surface area contributed by atoms with Gasteiger partial charge in [-0.2, -0.15) is 5.10 Å². The zero-order chi connectivity index (χ0) is 17.3. The van der Waals surface area contributed by atoms with Crippen molar-refractivity contribution in [1.29, 1.82) is 0 Å². The number of nitrogens with one attached hydrogen (secondary N) is 1. The molecular formula is C12H11F5N2O4. The first kappa shape index (κ1) is 17.5. The van der Waals surface area contributed by atoms with Crippen LogP contribution in [0.15, 0.2) is 5.10 Å². The van der Waals surface area contributed by atoms with Crippen molar-refractivity contribution in [2.24, 2.45) is 5.10 Å². The number of hydrazone groups is 1. The summed E-state index contributed by atoms with van der Waals surface area (Å²) in [5, 5.41) is 31.1. The molecule has 1 aromatic carbocycles. The number of rotatable bonds is 4. The number of hydrogen-bond acceptors (Lipinski definition) is 6. The Kier molecular flexibility index (Phi) is 5.14. The fourth-order valence-electron chi connectivity index (χ4n) is 1.93. The second-order valence-corrected chi connectivity index (χ2v) is 4.64. The summed E-state index contributed by atoms with van der Waals surface area (Å²) < 4.78 is 70.4. The lowest BCUT2D eigenvalue weighted by Gasteiger charge is -2.10. The van der Waals surface area contributed by atoms with Crippen LogP contribution in [0.3, 0.4) is 0 Å². The zero-order valence-corrected chi connectivity index (χ0v) is 11.2. The van der Waals surface area contributed by atoms with E-state index in [1.165, 1.54) is 0 Å². The molecule has 1 aliphatic heterocycles. The van der Waals surface area contributed by atoms with E-state index in [9.17, 15) is 32.2 Å². The molecule has 0 unspecified atom stereocenters. The summed E-state index contributed by atoms with van der Waals surface area (Å²) in [6, 6.07) is 0. The van der Waals surface area contributed by atoms with Crippen molar-refractivity contribution < 1.29 is 42.0 Å². The molecule has 0 aromatic heterocycles. The third-order valence-electron chi connectivity index (χ3n) is 3.19. The van der Waals surface area contributed by atoms with Gasteiger partial charge in [-0.05, 0) is 0 Å². The van der Waals surface area contributed by atoms with Crippen LogP contribution in [0.25, 0.3) is 0 Å². The molecule has 0 bridgehead atoms. The number of nitrogens with zero attached hydrogens (tertiary/aromatic N) is 1. The molecule has 4 N–H and O–H groups in total. The smallest absolute Gasteiger partial charge is 0.200 e. The van der Waals surface area contributed by atoms with E-state index in [0.29, 0.717) is 0 Å². The fourth-order valence-corrected chi connectivity index (χ4v) is 1.93. The van der Waals surface area contributed by atoms with Crippen molar-refractivity contribution in [2.75, 3.05) is 12.0 Å². The number of benzene rings is 1. The van der Waals surface area contributed by atoms with Crippen molar-refractivity contribution >= 4 is 11.9 Å². The molecular weight excluding hydrogens is 331 g/mol. The zero-order valence-electron chi connectivity index (χ0n) is 11.2. The van der Waals surface area contributed by atoms with E-state index in [-0.39, 0.29) is 0 Å². The molecule has 128 valence electrons. The van der Waals surface area contributed by atoms with E-state index in [0.717, 1.165) is 6.21 Å². The molecule has 0 radical (unpaired) electrons. The first-order valence-corrected chi connectivity index (χ1v) is 6.22. The minimum atomic E-state index is -2.31. The maximum absolute atomic E-state index is 13.3. The van der Waals surface area contributed by atoms with Crippen molar-refractivity contribution in [1.82, 2.24) is 0 Å². The minimum absolute atomic E-state index is 0.604. The topological polar surface area (TPSA) is 94.3 Å². The fraction of sp³-hybridized carbons (Fsp3) is 0.417. The lowest BCUT2D eigenvalue weighted by atomic mass is 10.1. The Morgan fingerprint density at radius 2 is 1.48 bits per heavy atom. The molecule has 23 heavy (non-hydrogen) atoms. The van der Waals surface area contributed by atoms with Gasteiger partial charge in [-0.1, -0.05) is 0 Å². The molecule has 1 saturated heterocycles. The van der Waals surface area contributed by atoms with Gasteiger partial charge in [0.1, 0.15) is 30.1 Å². The van der Waals surface area contributed by atoms with Crippen LogP contribution in [-0.4, -0.2) is 52.6 Å². The van der Waals surface area contributed by atoms with Gasteiger partial charge in [-0.25, -0.2) is 22.0 Å². The average Bonchev–Trinajstić information content (AvgIpc) is 2.82. The number of anilines is 1. The Bertz CT molecular complexity index is 601. The molecule has 11 heteroatoms. The maximum Gasteiger partial charge on any atom is 0.200 e. The minimum Gasteiger partial charge on any atom is -0.394 e. The molecule has 1 fully saturated rings. The predicted molar refractivity (Wildman–Crippen MR) is 66.1 cm³/mol. The first-order valence-electron chi connectivity index (χ1n) is 6.22. The summed E-state index contributed by atoms with van der Waals surface area (Å²) in [5.74, 6) is -10.8. The third kappa shape index (κ3) is 3.13. The van der Waals surface area contributed by atoms with Gasteiger partial charge >= 0.3 is 0 Å². The van der Waals surface area contributed by atoms with Crippen LogP contribution in [0.1, 0.15) is 0 Å². The normalized spacial score (nSPS) is 27.8. The third-order valence-corrected chi connectivity index (χ3v) is 3.19. The van der Waals surface area contributed by atoms with E-state index < -0.39 is 65.8 Å². The standard InChI is InChI=1S/C12H11F5N2O4/c13-5-6(14)8(16)10(9(17)7(5)15)19-18-1-3-11(21)12(22)4(2-20)23-3/h1,3-4,11-12,19-22H,2H2/t3-,4+,11+,12+/m0/s1. The number of halogens is 5. The highest BCUT2D eigenvalue weighted by atomic mass is 19.2. The molecule has 6 nitrogen and oxygen atoms in total. The summed E-state index contributed by atoms with van der Waals surface area (Å²) in [4.78, 5) is 0. The van der Waals surface area contributed by atoms with Crippen molar-refractivity contribution in [2.45, 2.75) is 24.4 Å². The molecule has 0 saturated carbocycles. The highest BCUT2D eigenvalue weighted by molar-refractivity contribution is 5.66. The summed E-state index contributed by atoms with van der Waals surface area (Å²) >= 11 is 0. The number of hydrogen-bond donors (Lipinski definition) is 4. The van der Waals surface area contributed by atoms with E-state index in [4.69, 9.17) is 9.84 Å². The highest BCUT2D eigenvalue weighted by Crippen LogP contribution is 2.27. The van der Waals surface area contributed by atoms with Gasteiger partial charge in [-0.15, -0.1) is 0 Å². The number of aliphatic hydroxyl groups is 3. The molecule has 0 aliphatic carbocycles. The van der Waals surface area contributed by atoms with Crippen LogP contribution in [-0.2, 0) is 4.74 Å². The van der Waals surface area contributed by atoms with Gasteiger partial charge < -0.3 is 20.1 Å². The largest absolute Gasteiger partial charge is 0.394 e. The van der Waals surface area contributed by atoms with E-state index in [1.807, 2.05) is 0 Å². The first-order chi connectivity index (χ1) is 10.8. The summed E-state index contributed by atoms with van der Waals surface area (Å²) in [7, 11) is 0.